The Hall–Kier alpha value is -1.79. The summed E-state index contributed by atoms with van der Waals surface area (Å²) in [7, 11) is 0. The van der Waals surface area contributed by atoms with Crippen LogP contribution in [0.3, 0.4) is 0 Å². The molecule has 0 aliphatic heterocycles. The predicted molar refractivity (Wildman–Crippen MR) is 99.2 cm³/mol. The Kier molecular flexibility index (Phi) is 5.58. The molecule has 3 rings (SSSR count). The van der Waals surface area contributed by atoms with Crippen molar-refractivity contribution in [3.05, 3.63) is 51.2 Å². The smallest absolute Gasteiger partial charge is 0.313 e. The number of anilines is 1. The van der Waals surface area contributed by atoms with Crippen LogP contribution in [0.4, 0.5) is 5.69 Å². The van der Waals surface area contributed by atoms with Crippen LogP contribution < -0.4 is 5.32 Å². The van der Waals surface area contributed by atoms with Gasteiger partial charge in [-0.2, -0.15) is 0 Å². The molecule has 2 N–H and O–H groups in total. The van der Waals surface area contributed by atoms with Gasteiger partial charge in [0, 0.05) is 16.3 Å². The number of aryl methyl sites for hydroxylation is 2. The van der Waals surface area contributed by atoms with Gasteiger partial charge in [0.2, 0.25) is 0 Å². The second kappa shape index (κ2) is 7.85. The van der Waals surface area contributed by atoms with E-state index in [-0.39, 0.29) is 11.7 Å². The van der Waals surface area contributed by atoms with Gasteiger partial charge in [0.15, 0.2) is 0 Å². The number of fused-ring (bicyclic) bond motifs is 1. The molecule has 0 radical (unpaired) electrons. The van der Waals surface area contributed by atoms with E-state index in [0.29, 0.717) is 5.75 Å². The Labute approximate surface area is 149 Å². The van der Waals surface area contributed by atoms with Crippen molar-refractivity contribution in [2.45, 2.75) is 31.4 Å². The number of thioether (sulfide) groups is 1. The number of hydrogen-bond donors (Lipinski definition) is 2. The lowest BCUT2D eigenvalue weighted by Gasteiger charge is -2.08. The van der Waals surface area contributed by atoms with Gasteiger partial charge in [-0.3, -0.25) is 9.59 Å². The van der Waals surface area contributed by atoms with Gasteiger partial charge in [-0.15, -0.1) is 23.1 Å². The summed E-state index contributed by atoms with van der Waals surface area (Å²) in [5.41, 5.74) is 3.08. The number of thiophene rings is 1. The monoisotopic (exact) mass is 361 g/mol. The molecule has 0 fully saturated rings. The summed E-state index contributed by atoms with van der Waals surface area (Å²) in [5, 5.41) is 11.6. The highest BCUT2D eigenvalue weighted by molar-refractivity contribution is 7.99. The van der Waals surface area contributed by atoms with Crippen molar-refractivity contribution in [2.75, 3.05) is 11.1 Å². The molecule has 126 valence electrons. The van der Waals surface area contributed by atoms with E-state index in [1.807, 2.05) is 30.3 Å². The van der Waals surface area contributed by atoms with E-state index < -0.39 is 5.97 Å². The zero-order valence-electron chi connectivity index (χ0n) is 13.2. The number of benzene rings is 1. The number of amides is 1. The van der Waals surface area contributed by atoms with E-state index >= 15 is 0 Å². The molecule has 0 bridgehead atoms. The predicted octanol–water partition coefficient (Wildman–Crippen LogP) is 4.20. The van der Waals surface area contributed by atoms with E-state index in [2.05, 4.69) is 5.32 Å². The summed E-state index contributed by atoms with van der Waals surface area (Å²) in [6, 6.07) is 9.61. The number of hydrogen-bond acceptors (Lipinski definition) is 4. The van der Waals surface area contributed by atoms with Crippen LogP contribution in [0.15, 0.2) is 30.3 Å². The molecule has 1 aromatic carbocycles. The van der Waals surface area contributed by atoms with Crippen LogP contribution in [-0.4, -0.2) is 22.7 Å². The quantitative estimate of drug-likeness (QED) is 0.809. The molecule has 6 heteroatoms. The third-order valence-corrected chi connectivity index (χ3v) is 6.12. The molecule has 0 saturated heterocycles. The topological polar surface area (TPSA) is 66.4 Å². The van der Waals surface area contributed by atoms with Crippen molar-refractivity contribution in [1.82, 2.24) is 0 Å². The zero-order valence-corrected chi connectivity index (χ0v) is 14.8. The van der Waals surface area contributed by atoms with Crippen molar-refractivity contribution in [3.8, 4) is 0 Å². The standard InChI is InChI=1S/C18H19NO3S2/c20-17(21)11-23-10-12-4-3-6-14(8-12)19-18(22)16-9-13-5-1-2-7-15(13)24-16/h3-4,6,8-9H,1-2,5,7,10-11H2,(H,19,22)(H,20,21). The second-order valence-electron chi connectivity index (χ2n) is 5.81. The molecule has 1 aliphatic carbocycles. The first-order valence-corrected chi connectivity index (χ1v) is 9.90. The third-order valence-electron chi connectivity index (χ3n) is 3.90. The lowest BCUT2D eigenvalue weighted by atomic mass is 9.99. The molecule has 24 heavy (non-hydrogen) atoms. The van der Waals surface area contributed by atoms with Gasteiger partial charge in [-0.05, 0) is 55.0 Å². The van der Waals surface area contributed by atoms with Crippen molar-refractivity contribution in [2.24, 2.45) is 0 Å². The van der Waals surface area contributed by atoms with Crippen LogP contribution in [0.1, 0.15) is 38.5 Å². The first-order valence-electron chi connectivity index (χ1n) is 7.93. The van der Waals surface area contributed by atoms with E-state index in [1.165, 1.54) is 35.0 Å². The highest BCUT2D eigenvalue weighted by atomic mass is 32.2. The molecule has 1 aliphatic rings. The minimum absolute atomic E-state index is 0.0651. The fourth-order valence-corrected chi connectivity index (χ4v) is 4.63. The molecule has 0 spiro atoms. The summed E-state index contributed by atoms with van der Waals surface area (Å²) in [6.07, 6.45) is 4.59. The van der Waals surface area contributed by atoms with Crippen LogP contribution in [0, 0.1) is 0 Å². The zero-order chi connectivity index (χ0) is 16.9. The normalized spacial score (nSPS) is 13.3. The van der Waals surface area contributed by atoms with Gasteiger partial charge in [-0.1, -0.05) is 12.1 Å². The van der Waals surface area contributed by atoms with Gasteiger partial charge >= 0.3 is 5.97 Å². The number of carboxylic acids is 1. The van der Waals surface area contributed by atoms with Crippen LogP contribution in [0.5, 0.6) is 0 Å². The lowest BCUT2D eigenvalue weighted by molar-refractivity contribution is -0.133. The number of rotatable bonds is 6. The molecule has 0 atom stereocenters. The first kappa shape index (κ1) is 17.0. The fourth-order valence-electron chi connectivity index (χ4n) is 2.79. The Balaban J connectivity index is 1.63. The van der Waals surface area contributed by atoms with Crippen molar-refractivity contribution in [3.63, 3.8) is 0 Å². The Morgan fingerprint density at radius 2 is 2.04 bits per heavy atom. The van der Waals surface area contributed by atoms with Gasteiger partial charge in [0.25, 0.3) is 5.91 Å². The van der Waals surface area contributed by atoms with Crippen LogP contribution in [0.2, 0.25) is 0 Å². The molecule has 0 saturated carbocycles. The number of carbonyl (C=O) groups is 2. The Morgan fingerprint density at radius 1 is 1.21 bits per heavy atom. The molecule has 1 aromatic heterocycles. The maximum absolute atomic E-state index is 12.5. The molecule has 2 aromatic rings. The summed E-state index contributed by atoms with van der Waals surface area (Å²) in [6.45, 7) is 0. The molecule has 1 heterocycles. The number of nitrogens with one attached hydrogen (secondary N) is 1. The first-order chi connectivity index (χ1) is 11.6. The maximum Gasteiger partial charge on any atom is 0.313 e. The largest absolute Gasteiger partial charge is 0.481 e. The highest BCUT2D eigenvalue weighted by Gasteiger charge is 2.17. The lowest BCUT2D eigenvalue weighted by Crippen LogP contribution is -2.10. The second-order valence-corrected chi connectivity index (χ2v) is 7.93. The Bertz CT molecular complexity index is 731. The van der Waals surface area contributed by atoms with Crippen LogP contribution in [0.25, 0.3) is 0 Å². The van der Waals surface area contributed by atoms with Crippen LogP contribution in [-0.2, 0) is 23.4 Å². The van der Waals surface area contributed by atoms with Crippen molar-refractivity contribution < 1.29 is 14.7 Å². The van der Waals surface area contributed by atoms with E-state index in [4.69, 9.17) is 5.11 Å². The van der Waals surface area contributed by atoms with Gasteiger partial charge < -0.3 is 10.4 Å². The van der Waals surface area contributed by atoms with Gasteiger partial charge in [0.1, 0.15) is 0 Å². The minimum Gasteiger partial charge on any atom is -0.481 e. The fraction of sp³-hybridized carbons (Fsp3) is 0.333. The van der Waals surface area contributed by atoms with E-state index in [0.717, 1.165) is 29.0 Å². The molecule has 4 nitrogen and oxygen atoms in total. The average molecular weight is 361 g/mol. The minimum atomic E-state index is -0.814. The molecule has 1 amide bonds. The maximum atomic E-state index is 12.5. The number of aliphatic carboxylic acids is 1. The van der Waals surface area contributed by atoms with E-state index in [1.54, 1.807) is 11.3 Å². The van der Waals surface area contributed by atoms with E-state index in [9.17, 15) is 9.59 Å². The molecule has 0 unspecified atom stereocenters. The number of carbonyl (C=O) groups excluding carboxylic acids is 1. The van der Waals surface area contributed by atoms with Crippen LogP contribution >= 0.6 is 23.1 Å². The summed E-state index contributed by atoms with van der Waals surface area (Å²) >= 11 is 2.95. The summed E-state index contributed by atoms with van der Waals surface area (Å²) in [4.78, 5) is 25.2. The summed E-state index contributed by atoms with van der Waals surface area (Å²) in [5.74, 6) is -0.184. The number of carboxylic acid groups (broad SMARTS) is 1. The van der Waals surface area contributed by atoms with Crippen molar-refractivity contribution in [1.29, 1.82) is 0 Å². The van der Waals surface area contributed by atoms with Gasteiger partial charge in [0.05, 0.1) is 10.6 Å². The molecular weight excluding hydrogens is 342 g/mol. The van der Waals surface area contributed by atoms with Gasteiger partial charge in [-0.25, -0.2) is 0 Å². The summed E-state index contributed by atoms with van der Waals surface area (Å²) < 4.78 is 0. The Morgan fingerprint density at radius 3 is 2.83 bits per heavy atom. The SMILES string of the molecule is O=C(O)CSCc1cccc(NC(=O)c2cc3c(s2)CCCC3)c1. The highest BCUT2D eigenvalue weighted by Crippen LogP contribution is 2.30. The average Bonchev–Trinajstić information content (AvgIpc) is 2.99. The third kappa shape index (κ3) is 4.39. The molecular formula is C18H19NO3S2. The van der Waals surface area contributed by atoms with Crippen molar-refractivity contribution >= 4 is 40.7 Å².